The molecule has 4 heteroatoms. The highest BCUT2D eigenvalue weighted by Crippen LogP contribution is 2.13. The van der Waals surface area contributed by atoms with Gasteiger partial charge in [0.15, 0.2) is 0 Å². The minimum Gasteiger partial charge on any atom is -0.352 e. The second-order valence-electron chi connectivity index (χ2n) is 4.61. The Balaban J connectivity index is 1.98. The van der Waals surface area contributed by atoms with Gasteiger partial charge in [-0.05, 0) is 30.5 Å². The quantitative estimate of drug-likeness (QED) is 0.880. The molecule has 18 heavy (non-hydrogen) atoms. The van der Waals surface area contributed by atoms with Gasteiger partial charge in [0.05, 0.1) is 0 Å². The number of benzene rings is 1. The fraction of sp³-hybridized carbons (Fsp3) is 0.429. The summed E-state index contributed by atoms with van der Waals surface area (Å²) in [6.45, 7) is 3.73. The van der Waals surface area contributed by atoms with E-state index in [1.54, 1.807) is 0 Å². The van der Waals surface area contributed by atoms with E-state index in [0.717, 1.165) is 37.1 Å². The van der Waals surface area contributed by atoms with Gasteiger partial charge in [-0.25, -0.2) is 0 Å². The van der Waals surface area contributed by atoms with Crippen molar-refractivity contribution in [3.63, 3.8) is 0 Å². The highest BCUT2D eigenvalue weighted by molar-refractivity contribution is 5.94. The van der Waals surface area contributed by atoms with E-state index in [2.05, 4.69) is 5.32 Å². The Morgan fingerprint density at radius 3 is 2.33 bits per heavy atom. The van der Waals surface area contributed by atoms with E-state index in [1.165, 1.54) is 6.92 Å². The number of rotatable bonds is 3. The van der Waals surface area contributed by atoms with Crippen LogP contribution < -0.4 is 5.32 Å². The van der Waals surface area contributed by atoms with Gasteiger partial charge in [0.2, 0.25) is 5.91 Å². The standard InChI is InChI=1S/C14H18N2O2/c1-11(17)15-10-12-4-6-13(7-5-12)14(18)16-8-2-3-9-16/h4-7H,2-3,8-10H2,1H3,(H,15,17). The lowest BCUT2D eigenvalue weighted by Gasteiger charge is -2.15. The molecule has 0 spiro atoms. The molecule has 4 nitrogen and oxygen atoms in total. The number of amides is 2. The monoisotopic (exact) mass is 246 g/mol. The zero-order chi connectivity index (χ0) is 13.0. The summed E-state index contributed by atoms with van der Waals surface area (Å²) in [6.07, 6.45) is 2.21. The predicted octanol–water partition coefficient (Wildman–Crippen LogP) is 1.56. The third kappa shape index (κ3) is 3.09. The Morgan fingerprint density at radius 1 is 1.17 bits per heavy atom. The fourth-order valence-corrected chi connectivity index (χ4v) is 2.09. The Bertz CT molecular complexity index is 434. The molecule has 1 aromatic carbocycles. The highest BCUT2D eigenvalue weighted by atomic mass is 16.2. The molecule has 0 unspecified atom stereocenters. The van der Waals surface area contributed by atoms with Crippen LogP contribution in [-0.4, -0.2) is 29.8 Å². The summed E-state index contributed by atoms with van der Waals surface area (Å²) < 4.78 is 0. The first-order chi connectivity index (χ1) is 8.66. The molecular weight excluding hydrogens is 228 g/mol. The molecule has 0 bridgehead atoms. The third-order valence-corrected chi connectivity index (χ3v) is 3.14. The molecule has 1 aliphatic heterocycles. The van der Waals surface area contributed by atoms with Gasteiger partial charge in [-0.2, -0.15) is 0 Å². The van der Waals surface area contributed by atoms with Crippen molar-refractivity contribution in [2.45, 2.75) is 26.3 Å². The molecule has 1 aliphatic rings. The molecule has 1 fully saturated rings. The van der Waals surface area contributed by atoms with Crippen LogP contribution in [0.5, 0.6) is 0 Å². The van der Waals surface area contributed by atoms with Crippen molar-refractivity contribution >= 4 is 11.8 Å². The van der Waals surface area contributed by atoms with Crippen molar-refractivity contribution in [2.75, 3.05) is 13.1 Å². The largest absolute Gasteiger partial charge is 0.352 e. The van der Waals surface area contributed by atoms with E-state index in [1.807, 2.05) is 29.2 Å². The lowest BCUT2D eigenvalue weighted by molar-refractivity contribution is -0.119. The molecule has 2 amide bonds. The van der Waals surface area contributed by atoms with Crippen LogP contribution in [0.25, 0.3) is 0 Å². The topological polar surface area (TPSA) is 49.4 Å². The van der Waals surface area contributed by atoms with Crippen LogP contribution in [0.15, 0.2) is 24.3 Å². The molecule has 1 saturated heterocycles. The fourth-order valence-electron chi connectivity index (χ4n) is 2.09. The van der Waals surface area contributed by atoms with Gasteiger partial charge in [-0.1, -0.05) is 12.1 Å². The molecule has 1 N–H and O–H groups in total. The molecular formula is C14H18N2O2. The van der Waals surface area contributed by atoms with E-state index in [0.29, 0.717) is 6.54 Å². The smallest absolute Gasteiger partial charge is 0.253 e. The van der Waals surface area contributed by atoms with Crippen molar-refractivity contribution in [3.8, 4) is 0 Å². The molecule has 1 aromatic rings. The van der Waals surface area contributed by atoms with Crippen molar-refractivity contribution < 1.29 is 9.59 Å². The van der Waals surface area contributed by atoms with E-state index in [4.69, 9.17) is 0 Å². The molecule has 2 rings (SSSR count). The number of nitrogens with zero attached hydrogens (tertiary/aromatic N) is 1. The summed E-state index contributed by atoms with van der Waals surface area (Å²) in [4.78, 5) is 24.8. The van der Waals surface area contributed by atoms with Gasteiger partial charge in [0, 0.05) is 32.1 Å². The molecule has 1 heterocycles. The van der Waals surface area contributed by atoms with Crippen LogP contribution >= 0.6 is 0 Å². The number of carbonyl (C=O) groups excluding carboxylic acids is 2. The first kappa shape index (κ1) is 12.6. The number of hydrogen-bond donors (Lipinski definition) is 1. The first-order valence-electron chi connectivity index (χ1n) is 6.29. The average Bonchev–Trinajstić information content (AvgIpc) is 2.90. The Labute approximate surface area is 107 Å². The zero-order valence-electron chi connectivity index (χ0n) is 10.6. The maximum atomic E-state index is 12.1. The van der Waals surface area contributed by atoms with Gasteiger partial charge in [0.1, 0.15) is 0 Å². The summed E-state index contributed by atoms with van der Waals surface area (Å²) in [6, 6.07) is 7.44. The Morgan fingerprint density at radius 2 is 1.78 bits per heavy atom. The van der Waals surface area contributed by atoms with E-state index in [9.17, 15) is 9.59 Å². The summed E-state index contributed by atoms with van der Waals surface area (Å²) in [5.74, 6) is 0.0609. The summed E-state index contributed by atoms with van der Waals surface area (Å²) in [7, 11) is 0. The lowest BCUT2D eigenvalue weighted by Crippen LogP contribution is -2.27. The summed E-state index contributed by atoms with van der Waals surface area (Å²) in [5, 5.41) is 2.73. The predicted molar refractivity (Wildman–Crippen MR) is 69.1 cm³/mol. The first-order valence-corrected chi connectivity index (χ1v) is 6.29. The molecule has 0 aliphatic carbocycles. The third-order valence-electron chi connectivity index (χ3n) is 3.14. The van der Waals surface area contributed by atoms with Crippen molar-refractivity contribution in [1.29, 1.82) is 0 Å². The van der Waals surface area contributed by atoms with Crippen molar-refractivity contribution in [1.82, 2.24) is 10.2 Å². The molecule has 0 saturated carbocycles. The molecule has 0 radical (unpaired) electrons. The van der Waals surface area contributed by atoms with Gasteiger partial charge in [-0.15, -0.1) is 0 Å². The number of carbonyl (C=O) groups is 2. The van der Waals surface area contributed by atoms with Crippen LogP contribution in [-0.2, 0) is 11.3 Å². The zero-order valence-corrected chi connectivity index (χ0v) is 10.6. The van der Waals surface area contributed by atoms with Gasteiger partial charge >= 0.3 is 0 Å². The molecule has 96 valence electrons. The summed E-state index contributed by atoms with van der Waals surface area (Å²) in [5.41, 5.74) is 1.73. The Hall–Kier alpha value is -1.84. The van der Waals surface area contributed by atoms with Crippen LogP contribution in [0.2, 0.25) is 0 Å². The number of likely N-dealkylation sites (tertiary alicyclic amines) is 1. The second kappa shape index (κ2) is 5.67. The van der Waals surface area contributed by atoms with Crippen LogP contribution in [0, 0.1) is 0 Å². The minimum absolute atomic E-state index is 0.0489. The Kier molecular flexibility index (Phi) is 3.97. The van der Waals surface area contributed by atoms with E-state index < -0.39 is 0 Å². The average molecular weight is 246 g/mol. The maximum Gasteiger partial charge on any atom is 0.253 e. The van der Waals surface area contributed by atoms with Crippen molar-refractivity contribution in [3.05, 3.63) is 35.4 Å². The molecule has 0 aromatic heterocycles. The summed E-state index contributed by atoms with van der Waals surface area (Å²) >= 11 is 0. The minimum atomic E-state index is -0.0489. The van der Waals surface area contributed by atoms with Crippen LogP contribution in [0.4, 0.5) is 0 Å². The lowest BCUT2D eigenvalue weighted by atomic mass is 10.1. The van der Waals surface area contributed by atoms with Crippen molar-refractivity contribution in [2.24, 2.45) is 0 Å². The maximum absolute atomic E-state index is 12.1. The van der Waals surface area contributed by atoms with E-state index in [-0.39, 0.29) is 11.8 Å². The second-order valence-corrected chi connectivity index (χ2v) is 4.61. The van der Waals surface area contributed by atoms with Crippen LogP contribution in [0.3, 0.4) is 0 Å². The van der Waals surface area contributed by atoms with Gasteiger partial charge in [0.25, 0.3) is 5.91 Å². The normalized spacial score (nSPS) is 14.6. The van der Waals surface area contributed by atoms with E-state index >= 15 is 0 Å². The number of hydrogen-bond acceptors (Lipinski definition) is 2. The SMILES string of the molecule is CC(=O)NCc1ccc(C(=O)N2CCCC2)cc1. The van der Waals surface area contributed by atoms with Gasteiger partial charge < -0.3 is 10.2 Å². The highest BCUT2D eigenvalue weighted by Gasteiger charge is 2.18. The van der Waals surface area contributed by atoms with Gasteiger partial charge in [-0.3, -0.25) is 9.59 Å². The van der Waals surface area contributed by atoms with Crippen LogP contribution in [0.1, 0.15) is 35.7 Å². The molecule has 0 atom stereocenters. The number of nitrogens with one attached hydrogen (secondary N) is 1.